The van der Waals surface area contributed by atoms with Crippen LogP contribution in [0.5, 0.6) is 5.75 Å². The first-order valence-electron chi connectivity index (χ1n) is 8.14. The summed E-state index contributed by atoms with van der Waals surface area (Å²) in [5, 5.41) is 18.4. The topological polar surface area (TPSA) is 59.3 Å². The van der Waals surface area contributed by atoms with Gasteiger partial charge in [-0.25, -0.2) is 0 Å². The van der Waals surface area contributed by atoms with Gasteiger partial charge in [0.05, 0.1) is 12.8 Å². The number of hydrogen-bond acceptors (Lipinski definition) is 4. The van der Waals surface area contributed by atoms with Crippen molar-refractivity contribution in [3.8, 4) is 5.75 Å². The number of aromatic nitrogens is 2. The Bertz CT molecular complexity index is 679. The van der Waals surface area contributed by atoms with E-state index in [1.807, 2.05) is 20.2 Å². The van der Waals surface area contributed by atoms with Crippen LogP contribution in [0.25, 0.3) is 0 Å². The molecule has 0 aliphatic carbocycles. The minimum atomic E-state index is -0.952. The molecule has 23 heavy (non-hydrogen) atoms. The molecule has 1 aromatic carbocycles. The third-order valence-corrected chi connectivity index (χ3v) is 4.46. The molecule has 2 unspecified atom stereocenters. The number of aryl methyl sites for hydroxylation is 2. The fraction of sp³-hybridized carbons (Fsp3) is 0.500. The van der Waals surface area contributed by atoms with Crippen molar-refractivity contribution in [1.82, 2.24) is 15.1 Å². The minimum Gasteiger partial charge on any atom is -0.493 e. The predicted octanol–water partition coefficient (Wildman–Crippen LogP) is 2.44. The predicted molar refractivity (Wildman–Crippen MR) is 89.4 cm³/mol. The SMILES string of the molecule is Cc1ccc2c(c1)OCCCC2NCC(C)(O)c1cnn(C)c1. The van der Waals surface area contributed by atoms with E-state index in [4.69, 9.17) is 4.74 Å². The van der Waals surface area contributed by atoms with Crippen LogP contribution in [0.4, 0.5) is 0 Å². The van der Waals surface area contributed by atoms with Gasteiger partial charge in [-0.2, -0.15) is 5.10 Å². The molecule has 1 aliphatic rings. The minimum absolute atomic E-state index is 0.191. The lowest BCUT2D eigenvalue weighted by atomic mass is 9.96. The van der Waals surface area contributed by atoms with Gasteiger partial charge in [-0.1, -0.05) is 12.1 Å². The Hall–Kier alpha value is -1.85. The van der Waals surface area contributed by atoms with E-state index in [0.29, 0.717) is 6.54 Å². The summed E-state index contributed by atoms with van der Waals surface area (Å²) in [6.45, 7) is 5.11. The Kier molecular flexibility index (Phi) is 4.41. The van der Waals surface area contributed by atoms with Crippen molar-refractivity contribution in [3.63, 3.8) is 0 Å². The van der Waals surface area contributed by atoms with E-state index in [9.17, 15) is 5.11 Å². The zero-order valence-electron chi connectivity index (χ0n) is 14.0. The Labute approximate surface area is 137 Å². The zero-order chi connectivity index (χ0) is 16.4. The molecule has 2 N–H and O–H groups in total. The van der Waals surface area contributed by atoms with E-state index in [2.05, 4.69) is 35.5 Å². The molecule has 1 aromatic heterocycles. The van der Waals surface area contributed by atoms with Gasteiger partial charge in [0.1, 0.15) is 11.4 Å². The zero-order valence-corrected chi connectivity index (χ0v) is 14.0. The molecule has 124 valence electrons. The third kappa shape index (κ3) is 3.57. The molecule has 0 radical (unpaired) electrons. The molecule has 1 aliphatic heterocycles. The number of aliphatic hydroxyl groups is 1. The van der Waals surface area contributed by atoms with Gasteiger partial charge in [0.2, 0.25) is 0 Å². The second kappa shape index (κ2) is 6.34. The molecule has 0 saturated heterocycles. The van der Waals surface area contributed by atoms with Gasteiger partial charge in [0.15, 0.2) is 0 Å². The highest BCUT2D eigenvalue weighted by Crippen LogP contribution is 2.33. The second-order valence-corrected chi connectivity index (χ2v) is 6.64. The molecule has 0 amide bonds. The molecule has 0 bridgehead atoms. The average molecular weight is 315 g/mol. The van der Waals surface area contributed by atoms with E-state index in [1.165, 1.54) is 11.1 Å². The van der Waals surface area contributed by atoms with E-state index < -0.39 is 5.60 Å². The Morgan fingerprint density at radius 1 is 1.48 bits per heavy atom. The van der Waals surface area contributed by atoms with Gasteiger partial charge < -0.3 is 15.2 Å². The van der Waals surface area contributed by atoms with Gasteiger partial charge in [0, 0.05) is 37.0 Å². The first-order chi connectivity index (χ1) is 11.0. The van der Waals surface area contributed by atoms with Crippen LogP contribution >= 0.6 is 0 Å². The number of hydrogen-bond donors (Lipinski definition) is 2. The molecule has 0 spiro atoms. The van der Waals surface area contributed by atoms with E-state index in [-0.39, 0.29) is 6.04 Å². The van der Waals surface area contributed by atoms with Crippen molar-refractivity contribution in [2.75, 3.05) is 13.2 Å². The first-order valence-corrected chi connectivity index (χ1v) is 8.14. The lowest BCUT2D eigenvalue weighted by Crippen LogP contribution is -2.37. The normalized spacial score (nSPS) is 20.3. The Morgan fingerprint density at radius 2 is 2.30 bits per heavy atom. The second-order valence-electron chi connectivity index (χ2n) is 6.64. The van der Waals surface area contributed by atoms with Crippen LogP contribution < -0.4 is 10.1 Å². The van der Waals surface area contributed by atoms with Gasteiger partial charge >= 0.3 is 0 Å². The highest BCUT2D eigenvalue weighted by molar-refractivity contribution is 5.40. The van der Waals surface area contributed by atoms with E-state index in [0.717, 1.165) is 30.8 Å². The highest BCUT2D eigenvalue weighted by atomic mass is 16.5. The summed E-state index contributed by atoms with van der Waals surface area (Å²) < 4.78 is 7.57. The molecule has 0 fully saturated rings. The third-order valence-electron chi connectivity index (χ3n) is 4.46. The monoisotopic (exact) mass is 315 g/mol. The number of ether oxygens (including phenoxy) is 1. The number of fused-ring (bicyclic) bond motifs is 1. The number of rotatable bonds is 4. The molecule has 5 nitrogen and oxygen atoms in total. The lowest BCUT2D eigenvalue weighted by Gasteiger charge is -2.26. The smallest absolute Gasteiger partial charge is 0.124 e. The van der Waals surface area contributed by atoms with Crippen molar-refractivity contribution >= 4 is 0 Å². The number of nitrogens with zero attached hydrogens (tertiary/aromatic N) is 2. The van der Waals surface area contributed by atoms with Gasteiger partial charge in [0.25, 0.3) is 0 Å². The van der Waals surface area contributed by atoms with Crippen molar-refractivity contribution in [3.05, 3.63) is 47.3 Å². The molecule has 0 saturated carbocycles. The molecule has 2 atom stereocenters. The van der Waals surface area contributed by atoms with Crippen LogP contribution in [0.3, 0.4) is 0 Å². The highest BCUT2D eigenvalue weighted by Gasteiger charge is 2.27. The van der Waals surface area contributed by atoms with Crippen LogP contribution in [0.15, 0.2) is 30.6 Å². The molecular formula is C18H25N3O2. The van der Waals surface area contributed by atoms with E-state index in [1.54, 1.807) is 10.9 Å². The fourth-order valence-electron chi connectivity index (χ4n) is 3.01. The van der Waals surface area contributed by atoms with Gasteiger partial charge in [-0.3, -0.25) is 4.68 Å². The lowest BCUT2D eigenvalue weighted by molar-refractivity contribution is 0.0533. The summed E-state index contributed by atoms with van der Waals surface area (Å²) in [6.07, 6.45) is 5.57. The summed E-state index contributed by atoms with van der Waals surface area (Å²) in [7, 11) is 1.86. The standard InChI is InChI=1S/C18H25N3O2/c1-13-6-7-15-16(5-4-8-23-17(15)9-13)19-12-18(2,22)14-10-20-21(3)11-14/h6-7,9-11,16,19,22H,4-5,8,12H2,1-3H3. The molecule has 2 aromatic rings. The summed E-state index contributed by atoms with van der Waals surface area (Å²) in [5.41, 5.74) is 2.25. The summed E-state index contributed by atoms with van der Waals surface area (Å²) >= 11 is 0. The number of nitrogens with one attached hydrogen (secondary N) is 1. The van der Waals surface area contributed by atoms with Crippen molar-refractivity contribution < 1.29 is 9.84 Å². The molecular weight excluding hydrogens is 290 g/mol. The first kappa shape index (κ1) is 16.0. The summed E-state index contributed by atoms with van der Waals surface area (Å²) in [4.78, 5) is 0. The maximum Gasteiger partial charge on any atom is 0.124 e. The van der Waals surface area contributed by atoms with Crippen molar-refractivity contribution in [1.29, 1.82) is 0 Å². The summed E-state index contributed by atoms with van der Waals surface area (Å²) in [6, 6.07) is 6.53. The molecule has 3 rings (SSSR count). The van der Waals surface area contributed by atoms with Crippen LogP contribution in [0, 0.1) is 6.92 Å². The fourth-order valence-corrected chi connectivity index (χ4v) is 3.01. The van der Waals surface area contributed by atoms with Gasteiger partial charge in [-0.05, 0) is 38.3 Å². The largest absolute Gasteiger partial charge is 0.493 e. The average Bonchev–Trinajstić information content (AvgIpc) is 2.85. The van der Waals surface area contributed by atoms with Crippen LogP contribution in [0.1, 0.15) is 42.5 Å². The van der Waals surface area contributed by atoms with Crippen LogP contribution in [0.2, 0.25) is 0 Å². The Morgan fingerprint density at radius 3 is 3.04 bits per heavy atom. The quantitative estimate of drug-likeness (QED) is 0.910. The summed E-state index contributed by atoms with van der Waals surface area (Å²) in [5.74, 6) is 0.959. The van der Waals surface area contributed by atoms with Gasteiger partial charge in [-0.15, -0.1) is 0 Å². The van der Waals surface area contributed by atoms with Crippen LogP contribution in [-0.4, -0.2) is 28.0 Å². The van der Waals surface area contributed by atoms with E-state index >= 15 is 0 Å². The maximum absolute atomic E-state index is 10.7. The molecule has 2 heterocycles. The van der Waals surface area contributed by atoms with Crippen LogP contribution in [-0.2, 0) is 12.6 Å². The number of benzene rings is 1. The van der Waals surface area contributed by atoms with Crippen molar-refractivity contribution in [2.45, 2.75) is 38.3 Å². The van der Waals surface area contributed by atoms with Crippen molar-refractivity contribution in [2.24, 2.45) is 7.05 Å². The molecule has 5 heteroatoms. The maximum atomic E-state index is 10.7. The Balaban J connectivity index is 1.75.